The fourth-order valence-electron chi connectivity index (χ4n) is 3.12. The Labute approximate surface area is 161 Å². The lowest BCUT2D eigenvalue weighted by Crippen LogP contribution is -2.33. The molecule has 0 aliphatic carbocycles. The van der Waals surface area contributed by atoms with Crippen molar-refractivity contribution < 1.29 is 22.7 Å². The first-order chi connectivity index (χ1) is 12.8. The molecule has 1 saturated heterocycles. The van der Waals surface area contributed by atoms with Gasteiger partial charge in [0.15, 0.2) is 5.60 Å². The van der Waals surface area contributed by atoms with Crippen molar-refractivity contribution in [3.63, 3.8) is 0 Å². The van der Waals surface area contributed by atoms with Crippen LogP contribution in [0.1, 0.15) is 57.9 Å². The van der Waals surface area contributed by atoms with Gasteiger partial charge in [-0.3, -0.25) is 0 Å². The maximum atomic E-state index is 13.1. The number of aryl methyl sites for hydroxylation is 1. The average molecular weight is 394 g/mol. The van der Waals surface area contributed by atoms with E-state index < -0.39 is 21.7 Å². The van der Waals surface area contributed by atoms with Gasteiger partial charge in [-0.2, -0.15) is 4.31 Å². The van der Waals surface area contributed by atoms with E-state index in [0.29, 0.717) is 18.5 Å². The molecule has 1 aliphatic heterocycles. The van der Waals surface area contributed by atoms with Crippen molar-refractivity contribution in [2.45, 2.75) is 69.8 Å². The van der Waals surface area contributed by atoms with Crippen LogP contribution >= 0.6 is 0 Å². The van der Waals surface area contributed by atoms with E-state index in [-0.39, 0.29) is 11.3 Å². The third kappa shape index (κ3) is 4.58. The second kappa shape index (κ2) is 8.69. The number of ether oxygens (including phenoxy) is 1. The van der Waals surface area contributed by atoms with Crippen LogP contribution in [0.2, 0.25) is 0 Å². The minimum Gasteiger partial charge on any atom is -0.436 e. The van der Waals surface area contributed by atoms with Crippen molar-refractivity contribution in [2.24, 2.45) is 0 Å². The number of rotatable bonds is 9. The topological polar surface area (TPSA) is 80.8 Å². The Hall–Kier alpha value is -2.15. The van der Waals surface area contributed by atoms with Crippen molar-refractivity contribution >= 4 is 22.4 Å². The van der Waals surface area contributed by atoms with Crippen LogP contribution in [-0.4, -0.2) is 30.7 Å². The summed E-state index contributed by atoms with van der Waals surface area (Å²) in [7, 11) is -4.09. The first kappa shape index (κ1) is 21.2. The van der Waals surface area contributed by atoms with E-state index in [1.165, 1.54) is 12.1 Å². The monoisotopic (exact) mass is 393 g/mol. The summed E-state index contributed by atoms with van der Waals surface area (Å²) in [6.45, 7) is 5.66. The molecule has 1 amide bonds. The fourth-order valence-corrected chi connectivity index (χ4v) is 4.57. The predicted octanol–water partition coefficient (Wildman–Crippen LogP) is 4.34. The van der Waals surface area contributed by atoms with Crippen LogP contribution in [0, 0.1) is 6.92 Å². The number of nitrogens with zero attached hydrogens (tertiary/aromatic N) is 1. The number of allylic oxidation sites excluding steroid dienone is 1. The molecule has 1 heterocycles. The number of carbonyl (C=O) groups excluding carboxylic acids is 2. The molecule has 1 unspecified atom stereocenters. The van der Waals surface area contributed by atoms with Gasteiger partial charge in [-0.05, 0) is 45.2 Å². The molecule has 1 aromatic carbocycles. The van der Waals surface area contributed by atoms with E-state index in [9.17, 15) is 18.0 Å². The number of hydrogen-bond donors (Lipinski definition) is 0. The molecular weight excluding hydrogens is 366 g/mol. The first-order valence-electron chi connectivity index (χ1n) is 9.25. The van der Waals surface area contributed by atoms with Crippen LogP contribution in [-0.2, 0) is 19.6 Å². The van der Waals surface area contributed by atoms with Crippen LogP contribution in [0.4, 0.5) is 4.79 Å². The molecular formula is C20H27NO5S. The summed E-state index contributed by atoms with van der Waals surface area (Å²) in [6, 6.07) is 6.33. The van der Waals surface area contributed by atoms with Gasteiger partial charge < -0.3 is 9.53 Å². The predicted molar refractivity (Wildman–Crippen MR) is 103 cm³/mol. The van der Waals surface area contributed by atoms with Gasteiger partial charge in [-0.25, -0.2) is 13.2 Å². The summed E-state index contributed by atoms with van der Waals surface area (Å²) in [6.07, 6.45) is 5.40. The Kier molecular flexibility index (Phi) is 6.81. The van der Waals surface area contributed by atoms with Gasteiger partial charge in [0.25, 0.3) is 10.0 Å². The number of benzene rings is 1. The summed E-state index contributed by atoms with van der Waals surface area (Å²) in [5.41, 5.74) is 0.197. The average Bonchev–Trinajstić information content (AvgIpc) is 2.86. The number of amides is 1. The quantitative estimate of drug-likeness (QED) is 0.460. The number of carbonyl (C=O) groups is 2. The Bertz CT molecular complexity index is 813. The highest BCUT2D eigenvalue weighted by Crippen LogP contribution is 2.41. The van der Waals surface area contributed by atoms with Gasteiger partial charge in [-0.1, -0.05) is 43.5 Å². The molecule has 27 heavy (non-hydrogen) atoms. The van der Waals surface area contributed by atoms with Crippen molar-refractivity contribution in [1.29, 1.82) is 0 Å². The lowest BCUT2D eigenvalue weighted by molar-refractivity contribution is -0.107. The number of aldehydes is 1. The van der Waals surface area contributed by atoms with Crippen molar-refractivity contribution in [2.75, 3.05) is 0 Å². The molecule has 1 aromatic rings. The van der Waals surface area contributed by atoms with Gasteiger partial charge >= 0.3 is 6.09 Å². The lowest BCUT2D eigenvalue weighted by Gasteiger charge is -2.25. The SMILES string of the molecule is CCCCCC1(C)OC(=O)N(S(=O)(=O)c2ccc(C)cc2)/C1=C/CCC=O. The molecule has 6 nitrogen and oxygen atoms in total. The maximum absolute atomic E-state index is 13.1. The van der Waals surface area contributed by atoms with Crippen LogP contribution in [0.15, 0.2) is 40.9 Å². The normalized spacial score (nSPS) is 21.5. The smallest absolute Gasteiger partial charge is 0.429 e. The summed E-state index contributed by atoms with van der Waals surface area (Å²) < 4.78 is 32.6. The van der Waals surface area contributed by atoms with Crippen molar-refractivity contribution in [3.05, 3.63) is 41.6 Å². The Balaban J connectivity index is 2.45. The van der Waals surface area contributed by atoms with Crippen LogP contribution in [0.3, 0.4) is 0 Å². The van der Waals surface area contributed by atoms with E-state index in [0.717, 1.165) is 35.4 Å². The van der Waals surface area contributed by atoms with E-state index in [1.807, 2.05) is 6.92 Å². The highest BCUT2D eigenvalue weighted by atomic mass is 32.2. The largest absolute Gasteiger partial charge is 0.436 e. The van der Waals surface area contributed by atoms with Crippen molar-refractivity contribution in [3.8, 4) is 0 Å². The summed E-state index contributed by atoms with van der Waals surface area (Å²) in [4.78, 5) is 23.3. The fraction of sp³-hybridized carbons (Fsp3) is 0.500. The van der Waals surface area contributed by atoms with Crippen molar-refractivity contribution in [1.82, 2.24) is 4.31 Å². The Morgan fingerprint density at radius 3 is 2.41 bits per heavy atom. The maximum Gasteiger partial charge on any atom is 0.429 e. The van der Waals surface area contributed by atoms with Crippen LogP contribution in [0.5, 0.6) is 0 Å². The highest BCUT2D eigenvalue weighted by molar-refractivity contribution is 7.89. The summed E-state index contributed by atoms with van der Waals surface area (Å²) in [5.74, 6) is 0. The molecule has 0 saturated carbocycles. The van der Waals surface area contributed by atoms with Crippen LogP contribution in [0.25, 0.3) is 0 Å². The molecule has 0 aromatic heterocycles. The number of unbranched alkanes of at least 4 members (excludes halogenated alkanes) is 3. The first-order valence-corrected chi connectivity index (χ1v) is 10.7. The number of cyclic esters (lactones) is 1. The molecule has 0 N–H and O–H groups in total. The van der Waals surface area contributed by atoms with Gasteiger partial charge in [0.05, 0.1) is 10.6 Å². The van der Waals surface area contributed by atoms with Gasteiger partial charge in [-0.15, -0.1) is 0 Å². The van der Waals surface area contributed by atoms with Crippen LogP contribution < -0.4 is 0 Å². The van der Waals surface area contributed by atoms with E-state index in [4.69, 9.17) is 4.74 Å². The molecule has 0 spiro atoms. The van der Waals surface area contributed by atoms with E-state index in [2.05, 4.69) is 6.92 Å². The third-order valence-electron chi connectivity index (χ3n) is 4.68. The Morgan fingerprint density at radius 1 is 1.15 bits per heavy atom. The summed E-state index contributed by atoms with van der Waals surface area (Å²) in [5, 5.41) is 0. The number of hydrogen-bond acceptors (Lipinski definition) is 5. The molecule has 0 radical (unpaired) electrons. The standard InChI is InChI=1S/C20H27NO5S/c1-4-5-7-14-20(3)18(9-6-8-15-22)21(19(23)26-20)27(24,25)17-12-10-16(2)11-13-17/h9-13,15H,4-8,14H2,1-3H3/b18-9+. The third-order valence-corrected chi connectivity index (χ3v) is 6.37. The molecule has 7 heteroatoms. The zero-order valence-electron chi connectivity index (χ0n) is 16.1. The summed E-state index contributed by atoms with van der Waals surface area (Å²) >= 11 is 0. The zero-order chi connectivity index (χ0) is 20.1. The molecule has 0 bridgehead atoms. The highest BCUT2D eigenvalue weighted by Gasteiger charge is 2.51. The van der Waals surface area contributed by atoms with Gasteiger partial charge in [0.1, 0.15) is 6.29 Å². The molecule has 148 valence electrons. The second-order valence-electron chi connectivity index (χ2n) is 6.97. The molecule has 1 aliphatic rings. The number of sulfonamides is 1. The molecule has 1 atom stereocenters. The van der Waals surface area contributed by atoms with E-state index >= 15 is 0 Å². The minimum atomic E-state index is -4.09. The van der Waals surface area contributed by atoms with Gasteiger partial charge in [0, 0.05) is 6.42 Å². The Morgan fingerprint density at radius 2 is 1.81 bits per heavy atom. The lowest BCUT2D eigenvalue weighted by atomic mass is 9.94. The molecule has 2 rings (SSSR count). The van der Waals surface area contributed by atoms with Gasteiger partial charge in [0.2, 0.25) is 0 Å². The minimum absolute atomic E-state index is 0.0316. The zero-order valence-corrected chi connectivity index (χ0v) is 16.9. The molecule has 1 fully saturated rings. The second-order valence-corrected chi connectivity index (χ2v) is 8.76. The van der Waals surface area contributed by atoms with E-state index in [1.54, 1.807) is 25.1 Å².